The molecule has 2 nitrogen and oxygen atoms in total. The molecule has 0 radical (unpaired) electrons. The van der Waals surface area contributed by atoms with Gasteiger partial charge in [-0.05, 0) is 79.9 Å². The van der Waals surface area contributed by atoms with Crippen LogP contribution in [0.5, 0.6) is 0 Å². The van der Waals surface area contributed by atoms with Gasteiger partial charge in [-0.1, -0.05) is 206 Å². The summed E-state index contributed by atoms with van der Waals surface area (Å²) in [5, 5.41) is 2.64. The highest BCUT2D eigenvalue weighted by Gasteiger charge is 2.46. The van der Waals surface area contributed by atoms with Gasteiger partial charge in [-0.25, -0.2) is 9.97 Å². The van der Waals surface area contributed by atoms with E-state index >= 15 is 0 Å². The molecule has 11 aromatic rings. The highest BCUT2D eigenvalue weighted by Crippen LogP contribution is 2.58. The minimum Gasteiger partial charge on any atom is -0.228 e. The summed E-state index contributed by atoms with van der Waals surface area (Å²) >= 11 is 1.86. The van der Waals surface area contributed by atoms with Gasteiger partial charge in [0.15, 0.2) is 5.82 Å². The standard InChI is InChI=1S/C59H38N2S/c1-4-15-43(16-5-1)58-60-53(42-33-31-40(32-34-42)39-27-29-41(30-28-39)44-35-36-56-50(37-44)47-21-11-13-26-55(47)62-56)38-54(61-58)49-23-14-25-52-57(49)48-22-10-12-24-51(48)59(52,45-17-6-2-7-18-45)46-19-8-3-9-20-46/h1-38H. The number of fused-ring (bicyclic) bond motifs is 6. The second kappa shape index (κ2) is 14.8. The molecule has 0 saturated heterocycles. The summed E-state index contributed by atoms with van der Waals surface area (Å²) in [5.74, 6) is 0.702. The van der Waals surface area contributed by atoms with Crippen molar-refractivity contribution in [3.8, 4) is 67.3 Å². The topological polar surface area (TPSA) is 25.8 Å². The van der Waals surface area contributed by atoms with E-state index in [0.717, 1.165) is 33.6 Å². The molecule has 0 N–H and O–H groups in total. The maximum Gasteiger partial charge on any atom is 0.160 e. The molecule has 0 amide bonds. The lowest BCUT2D eigenvalue weighted by Gasteiger charge is -2.33. The third kappa shape index (κ3) is 5.85. The van der Waals surface area contributed by atoms with E-state index in [1.165, 1.54) is 70.2 Å². The highest BCUT2D eigenvalue weighted by molar-refractivity contribution is 7.25. The van der Waals surface area contributed by atoms with Crippen LogP contribution in [0.4, 0.5) is 0 Å². The summed E-state index contributed by atoms with van der Waals surface area (Å²) in [6.07, 6.45) is 0. The van der Waals surface area contributed by atoms with Gasteiger partial charge in [0.25, 0.3) is 0 Å². The second-order valence-corrected chi connectivity index (χ2v) is 17.1. The van der Waals surface area contributed by atoms with Crippen LogP contribution in [0.25, 0.3) is 87.5 Å². The van der Waals surface area contributed by atoms with Crippen molar-refractivity contribution in [3.63, 3.8) is 0 Å². The van der Waals surface area contributed by atoms with Crippen molar-refractivity contribution in [1.29, 1.82) is 0 Å². The molecule has 1 aliphatic carbocycles. The van der Waals surface area contributed by atoms with Crippen LogP contribution in [0.15, 0.2) is 231 Å². The molecule has 12 rings (SSSR count). The van der Waals surface area contributed by atoms with Crippen molar-refractivity contribution in [3.05, 3.63) is 253 Å². The zero-order valence-corrected chi connectivity index (χ0v) is 34.6. The molecule has 3 heteroatoms. The minimum atomic E-state index is -0.497. The van der Waals surface area contributed by atoms with E-state index < -0.39 is 5.41 Å². The first-order valence-corrected chi connectivity index (χ1v) is 22.0. The van der Waals surface area contributed by atoms with Gasteiger partial charge in [-0.15, -0.1) is 11.3 Å². The fraction of sp³-hybridized carbons (Fsp3) is 0.0169. The number of nitrogens with zero attached hydrogens (tertiary/aromatic N) is 2. The zero-order valence-electron chi connectivity index (χ0n) is 33.7. The van der Waals surface area contributed by atoms with Crippen molar-refractivity contribution in [2.45, 2.75) is 5.41 Å². The van der Waals surface area contributed by atoms with E-state index in [2.05, 4.69) is 224 Å². The number of thiophene rings is 1. The molecular formula is C59H38N2S. The Balaban J connectivity index is 0.953. The van der Waals surface area contributed by atoms with Gasteiger partial charge in [0.2, 0.25) is 0 Å². The van der Waals surface area contributed by atoms with E-state index in [1.54, 1.807) is 0 Å². The van der Waals surface area contributed by atoms with Crippen molar-refractivity contribution >= 4 is 31.5 Å². The summed E-state index contributed by atoms with van der Waals surface area (Å²) in [5.41, 5.74) is 16.6. The minimum absolute atomic E-state index is 0.497. The number of hydrogen-bond acceptors (Lipinski definition) is 3. The van der Waals surface area contributed by atoms with Crippen LogP contribution in [-0.4, -0.2) is 9.97 Å². The predicted molar refractivity (Wildman–Crippen MR) is 259 cm³/mol. The zero-order chi connectivity index (χ0) is 41.0. The Labute approximate surface area is 365 Å². The summed E-state index contributed by atoms with van der Waals surface area (Å²) in [4.78, 5) is 10.6. The third-order valence-electron chi connectivity index (χ3n) is 12.6. The Morgan fingerprint density at radius 1 is 0.323 bits per heavy atom. The lowest BCUT2D eigenvalue weighted by atomic mass is 9.67. The Hall–Kier alpha value is -7.72. The Kier molecular flexibility index (Phi) is 8.62. The predicted octanol–water partition coefficient (Wildman–Crippen LogP) is 15.5. The monoisotopic (exact) mass is 806 g/mol. The molecular weight excluding hydrogens is 769 g/mol. The molecule has 9 aromatic carbocycles. The summed E-state index contributed by atoms with van der Waals surface area (Å²) < 4.78 is 2.65. The smallest absolute Gasteiger partial charge is 0.160 e. The Morgan fingerprint density at radius 2 is 0.839 bits per heavy atom. The van der Waals surface area contributed by atoms with Crippen LogP contribution < -0.4 is 0 Å². The Bertz CT molecular complexity index is 3390. The average Bonchev–Trinajstić information content (AvgIpc) is 3.88. The van der Waals surface area contributed by atoms with Crippen molar-refractivity contribution in [2.75, 3.05) is 0 Å². The lowest BCUT2D eigenvalue weighted by Crippen LogP contribution is -2.28. The van der Waals surface area contributed by atoms with Gasteiger partial charge in [0.05, 0.1) is 16.8 Å². The van der Waals surface area contributed by atoms with Gasteiger partial charge in [-0.2, -0.15) is 0 Å². The number of aromatic nitrogens is 2. The fourth-order valence-electron chi connectivity index (χ4n) is 9.75. The maximum absolute atomic E-state index is 5.36. The van der Waals surface area contributed by atoms with E-state index in [9.17, 15) is 0 Å². The van der Waals surface area contributed by atoms with Crippen LogP contribution >= 0.6 is 11.3 Å². The average molecular weight is 807 g/mol. The molecule has 0 fully saturated rings. The molecule has 2 heterocycles. The maximum atomic E-state index is 5.36. The lowest BCUT2D eigenvalue weighted by molar-refractivity contribution is 0.768. The molecule has 0 saturated carbocycles. The fourth-order valence-corrected chi connectivity index (χ4v) is 10.8. The van der Waals surface area contributed by atoms with Crippen LogP contribution in [-0.2, 0) is 5.41 Å². The van der Waals surface area contributed by atoms with Crippen molar-refractivity contribution in [2.24, 2.45) is 0 Å². The molecule has 0 atom stereocenters. The van der Waals surface area contributed by atoms with Crippen molar-refractivity contribution < 1.29 is 0 Å². The van der Waals surface area contributed by atoms with Crippen LogP contribution in [0.2, 0.25) is 0 Å². The first kappa shape index (κ1) is 36.2. The molecule has 0 bridgehead atoms. The SMILES string of the molecule is c1ccc(-c2nc(-c3ccc(-c4ccc(-c5ccc6sc7ccccc7c6c5)cc4)cc3)cc(-c3cccc4c3-c3ccccc3C4(c3ccccc3)c3ccccc3)n2)cc1. The van der Waals surface area contributed by atoms with Gasteiger partial charge in [0, 0.05) is 36.9 Å². The first-order chi connectivity index (χ1) is 30.7. The third-order valence-corrected chi connectivity index (χ3v) is 13.8. The number of benzene rings is 9. The molecule has 2 aromatic heterocycles. The van der Waals surface area contributed by atoms with Crippen LogP contribution in [0, 0.1) is 0 Å². The molecule has 1 aliphatic rings. The van der Waals surface area contributed by atoms with Gasteiger partial charge in [0.1, 0.15) is 0 Å². The first-order valence-electron chi connectivity index (χ1n) is 21.1. The van der Waals surface area contributed by atoms with E-state index in [1.807, 2.05) is 17.4 Å². The molecule has 0 spiro atoms. The second-order valence-electron chi connectivity index (χ2n) is 16.0. The van der Waals surface area contributed by atoms with Crippen LogP contribution in [0.3, 0.4) is 0 Å². The van der Waals surface area contributed by atoms with Crippen molar-refractivity contribution in [1.82, 2.24) is 9.97 Å². The molecule has 290 valence electrons. The van der Waals surface area contributed by atoms with Gasteiger partial charge in [-0.3, -0.25) is 0 Å². The summed E-state index contributed by atoms with van der Waals surface area (Å²) in [6, 6.07) is 83.3. The quantitative estimate of drug-likeness (QED) is 0.160. The van der Waals surface area contributed by atoms with Crippen LogP contribution in [0.1, 0.15) is 22.3 Å². The van der Waals surface area contributed by atoms with Gasteiger partial charge >= 0.3 is 0 Å². The largest absolute Gasteiger partial charge is 0.228 e. The number of hydrogen-bond donors (Lipinski definition) is 0. The van der Waals surface area contributed by atoms with E-state index in [4.69, 9.17) is 9.97 Å². The molecule has 62 heavy (non-hydrogen) atoms. The van der Waals surface area contributed by atoms with E-state index in [-0.39, 0.29) is 0 Å². The van der Waals surface area contributed by atoms with E-state index in [0.29, 0.717) is 5.82 Å². The normalized spacial score (nSPS) is 12.6. The number of rotatable bonds is 7. The highest BCUT2D eigenvalue weighted by atomic mass is 32.1. The summed E-state index contributed by atoms with van der Waals surface area (Å²) in [6.45, 7) is 0. The van der Waals surface area contributed by atoms with Gasteiger partial charge < -0.3 is 0 Å². The molecule has 0 unspecified atom stereocenters. The molecule has 0 aliphatic heterocycles. The summed E-state index contributed by atoms with van der Waals surface area (Å²) in [7, 11) is 0. The Morgan fingerprint density at radius 3 is 1.55 bits per heavy atom.